The number of hydrogen-bond acceptors (Lipinski definition) is 6. The van der Waals surface area contributed by atoms with Crippen molar-refractivity contribution >= 4 is 28.6 Å². The molecule has 6 heteroatoms. The third-order valence-electron chi connectivity index (χ3n) is 2.12. The van der Waals surface area contributed by atoms with Crippen LogP contribution in [0.15, 0.2) is 10.8 Å². The topological polar surface area (TPSA) is 52.1 Å². The Hall–Kier alpha value is -1.27. The van der Waals surface area contributed by atoms with Crippen LogP contribution in [0.3, 0.4) is 0 Å². The van der Waals surface area contributed by atoms with Crippen LogP contribution >= 0.6 is 22.7 Å². The maximum absolute atomic E-state index is 11.1. The molecule has 2 heterocycles. The SMILES string of the molecule is COC(=O)Cc1csc(Cc2nc(C)cs2)n1. The fraction of sp³-hybridized carbons (Fsp3) is 0.364. The highest BCUT2D eigenvalue weighted by atomic mass is 32.1. The van der Waals surface area contributed by atoms with Crippen molar-refractivity contribution in [2.75, 3.05) is 7.11 Å². The summed E-state index contributed by atoms with van der Waals surface area (Å²) in [4.78, 5) is 19.9. The summed E-state index contributed by atoms with van der Waals surface area (Å²) < 4.78 is 4.60. The third-order valence-corrected chi connectivity index (χ3v) is 3.99. The molecule has 0 aliphatic carbocycles. The quantitative estimate of drug-likeness (QED) is 0.798. The predicted octanol–water partition coefficient (Wildman–Crippen LogP) is 2.21. The summed E-state index contributed by atoms with van der Waals surface area (Å²) in [7, 11) is 1.38. The normalized spacial score (nSPS) is 10.5. The minimum Gasteiger partial charge on any atom is -0.469 e. The zero-order chi connectivity index (χ0) is 12.3. The van der Waals surface area contributed by atoms with Crippen LogP contribution in [0.5, 0.6) is 0 Å². The molecular formula is C11H12N2O2S2. The molecule has 0 unspecified atom stereocenters. The molecule has 2 rings (SSSR count). The monoisotopic (exact) mass is 268 g/mol. The minimum absolute atomic E-state index is 0.240. The van der Waals surface area contributed by atoms with Crippen LogP contribution in [-0.4, -0.2) is 23.0 Å². The lowest BCUT2D eigenvalue weighted by atomic mass is 10.3. The number of hydrogen-bond donors (Lipinski definition) is 0. The Labute approximate surface area is 107 Å². The summed E-state index contributed by atoms with van der Waals surface area (Å²) in [5.41, 5.74) is 1.81. The molecule has 2 aromatic heterocycles. The number of aryl methyl sites for hydroxylation is 1. The first-order valence-electron chi connectivity index (χ1n) is 5.08. The van der Waals surface area contributed by atoms with Gasteiger partial charge in [0.15, 0.2) is 0 Å². The van der Waals surface area contributed by atoms with Crippen LogP contribution in [0.25, 0.3) is 0 Å². The molecule has 0 aliphatic heterocycles. The zero-order valence-corrected chi connectivity index (χ0v) is 11.2. The van der Waals surface area contributed by atoms with Crippen LogP contribution in [0.1, 0.15) is 21.4 Å². The van der Waals surface area contributed by atoms with Gasteiger partial charge >= 0.3 is 5.97 Å². The zero-order valence-electron chi connectivity index (χ0n) is 9.60. The molecule has 4 nitrogen and oxygen atoms in total. The number of aromatic nitrogens is 2. The summed E-state index contributed by atoms with van der Waals surface area (Å²) in [6.45, 7) is 1.98. The van der Waals surface area contributed by atoms with E-state index in [1.807, 2.05) is 17.7 Å². The van der Waals surface area contributed by atoms with Gasteiger partial charge in [-0.25, -0.2) is 9.97 Å². The van der Waals surface area contributed by atoms with Gasteiger partial charge in [0, 0.05) is 16.5 Å². The molecule has 0 N–H and O–H groups in total. The Morgan fingerprint density at radius 2 is 2.00 bits per heavy atom. The Kier molecular flexibility index (Phi) is 3.86. The van der Waals surface area contributed by atoms with E-state index in [1.54, 1.807) is 22.7 Å². The van der Waals surface area contributed by atoms with E-state index in [0.717, 1.165) is 27.8 Å². The highest BCUT2D eigenvalue weighted by Crippen LogP contribution is 2.18. The van der Waals surface area contributed by atoms with Gasteiger partial charge in [0.05, 0.1) is 35.7 Å². The Morgan fingerprint density at radius 1 is 1.29 bits per heavy atom. The van der Waals surface area contributed by atoms with Crippen molar-refractivity contribution < 1.29 is 9.53 Å². The van der Waals surface area contributed by atoms with Crippen molar-refractivity contribution in [1.82, 2.24) is 9.97 Å². The molecule has 0 saturated heterocycles. The Balaban J connectivity index is 2.01. The van der Waals surface area contributed by atoms with E-state index >= 15 is 0 Å². The molecule has 0 radical (unpaired) electrons. The molecule has 17 heavy (non-hydrogen) atoms. The van der Waals surface area contributed by atoms with Crippen molar-refractivity contribution in [3.8, 4) is 0 Å². The van der Waals surface area contributed by atoms with Crippen LogP contribution < -0.4 is 0 Å². The number of methoxy groups -OCH3 is 1. The number of rotatable bonds is 4. The highest BCUT2D eigenvalue weighted by molar-refractivity contribution is 7.11. The first-order chi connectivity index (χ1) is 8.17. The molecular weight excluding hydrogens is 256 g/mol. The van der Waals surface area contributed by atoms with Gasteiger partial charge in [-0.1, -0.05) is 0 Å². The number of esters is 1. The van der Waals surface area contributed by atoms with E-state index < -0.39 is 0 Å². The second-order valence-electron chi connectivity index (χ2n) is 3.54. The smallest absolute Gasteiger partial charge is 0.311 e. The van der Waals surface area contributed by atoms with E-state index in [0.29, 0.717) is 0 Å². The lowest BCUT2D eigenvalue weighted by Gasteiger charge is -1.94. The Morgan fingerprint density at radius 3 is 2.65 bits per heavy atom. The van der Waals surface area contributed by atoms with Gasteiger partial charge in [0.25, 0.3) is 0 Å². The summed E-state index contributed by atoms with van der Waals surface area (Å²) in [5.74, 6) is -0.257. The number of carbonyl (C=O) groups excluding carboxylic acids is 1. The molecule has 0 aliphatic rings. The molecule has 2 aromatic rings. The van der Waals surface area contributed by atoms with E-state index in [-0.39, 0.29) is 12.4 Å². The maximum atomic E-state index is 11.1. The summed E-state index contributed by atoms with van der Waals surface area (Å²) in [6, 6.07) is 0. The molecule has 0 spiro atoms. The van der Waals surface area contributed by atoms with Crippen LogP contribution in [0.4, 0.5) is 0 Å². The van der Waals surface area contributed by atoms with Crippen molar-refractivity contribution in [1.29, 1.82) is 0 Å². The second-order valence-corrected chi connectivity index (χ2v) is 5.43. The number of thiazole rings is 2. The number of carbonyl (C=O) groups is 1. The minimum atomic E-state index is -0.257. The van der Waals surface area contributed by atoms with E-state index in [1.165, 1.54) is 7.11 Å². The van der Waals surface area contributed by atoms with Crippen LogP contribution in [0.2, 0.25) is 0 Å². The van der Waals surface area contributed by atoms with Gasteiger partial charge < -0.3 is 4.74 Å². The molecule has 0 amide bonds. The lowest BCUT2D eigenvalue weighted by Crippen LogP contribution is -2.04. The van der Waals surface area contributed by atoms with Gasteiger partial charge in [-0.3, -0.25) is 4.79 Å². The average Bonchev–Trinajstić information content (AvgIpc) is 2.89. The summed E-state index contributed by atoms with van der Waals surface area (Å²) in [5, 5.41) is 5.96. The van der Waals surface area contributed by atoms with Crippen LogP contribution in [0, 0.1) is 6.92 Å². The highest BCUT2D eigenvalue weighted by Gasteiger charge is 2.09. The second kappa shape index (κ2) is 5.37. The van der Waals surface area contributed by atoms with Gasteiger partial charge in [0.2, 0.25) is 0 Å². The first-order valence-corrected chi connectivity index (χ1v) is 6.84. The number of nitrogens with zero attached hydrogens (tertiary/aromatic N) is 2. The van der Waals surface area contributed by atoms with Crippen molar-refractivity contribution in [3.05, 3.63) is 32.2 Å². The molecule has 0 bridgehead atoms. The average molecular weight is 268 g/mol. The van der Waals surface area contributed by atoms with Gasteiger partial charge in [-0.15, -0.1) is 22.7 Å². The third kappa shape index (κ3) is 3.34. The van der Waals surface area contributed by atoms with E-state index in [4.69, 9.17) is 0 Å². The van der Waals surface area contributed by atoms with Crippen molar-refractivity contribution in [2.45, 2.75) is 19.8 Å². The molecule has 0 atom stereocenters. The molecule has 0 fully saturated rings. The molecule has 0 aromatic carbocycles. The Bertz CT molecular complexity index is 519. The summed E-state index contributed by atoms with van der Waals surface area (Å²) in [6.07, 6.45) is 0.980. The predicted molar refractivity (Wildman–Crippen MR) is 67.5 cm³/mol. The molecule has 90 valence electrons. The van der Waals surface area contributed by atoms with Gasteiger partial charge in [-0.05, 0) is 6.92 Å². The van der Waals surface area contributed by atoms with E-state index in [9.17, 15) is 4.79 Å². The fourth-order valence-electron chi connectivity index (χ4n) is 1.34. The van der Waals surface area contributed by atoms with Crippen LogP contribution in [-0.2, 0) is 22.4 Å². The summed E-state index contributed by atoms with van der Waals surface area (Å²) >= 11 is 3.19. The van der Waals surface area contributed by atoms with Gasteiger partial charge in [0.1, 0.15) is 0 Å². The number of ether oxygens (including phenoxy) is 1. The van der Waals surface area contributed by atoms with Crippen molar-refractivity contribution in [2.24, 2.45) is 0 Å². The van der Waals surface area contributed by atoms with Crippen molar-refractivity contribution in [3.63, 3.8) is 0 Å². The maximum Gasteiger partial charge on any atom is 0.311 e. The lowest BCUT2D eigenvalue weighted by molar-refractivity contribution is -0.139. The standard InChI is InChI=1S/C11H12N2O2S2/c1-7-5-16-9(12-7)4-10-13-8(6-17-10)3-11(14)15-2/h5-6H,3-4H2,1-2H3. The van der Waals surface area contributed by atoms with Gasteiger partial charge in [-0.2, -0.15) is 0 Å². The van der Waals surface area contributed by atoms with E-state index in [2.05, 4.69) is 14.7 Å². The first kappa shape index (κ1) is 12.2. The largest absolute Gasteiger partial charge is 0.469 e. The fourth-order valence-corrected chi connectivity index (χ4v) is 3.01. The molecule has 0 saturated carbocycles.